The number of carbonyl (C=O) groups excluding carboxylic acids is 2. The molecule has 26 heavy (non-hydrogen) atoms. The van der Waals surface area contributed by atoms with Crippen LogP contribution < -0.4 is 10.1 Å². The van der Waals surface area contributed by atoms with Crippen LogP contribution in [0.4, 0.5) is 5.69 Å². The van der Waals surface area contributed by atoms with E-state index in [1.807, 2.05) is 0 Å². The molecule has 1 amide bonds. The zero-order chi connectivity index (χ0) is 18.6. The third-order valence-electron chi connectivity index (χ3n) is 3.74. The molecule has 1 aliphatic heterocycles. The fourth-order valence-corrected chi connectivity index (χ4v) is 3.75. The molecule has 8 heteroatoms. The number of hydrogen-bond donors (Lipinski definition) is 1. The molecule has 0 atom stereocenters. The Bertz CT molecular complexity index is 924. The maximum absolute atomic E-state index is 12.1. The number of fused-ring (bicyclic) bond motifs is 1. The van der Waals surface area contributed by atoms with Crippen LogP contribution in [-0.4, -0.2) is 39.3 Å². The first-order valence-corrected chi connectivity index (χ1v) is 9.62. The van der Waals surface area contributed by atoms with E-state index in [2.05, 4.69) is 5.32 Å². The van der Waals surface area contributed by atoms with Gasteiger partial charge in [0.2, 0.25) is 0 Å². The highest BCUT2D eigenvalue weighted by molar-refractivity contribution is 7.91. The third-order valence-corrected chi connectivity index (χ3v) is 5.56. The Morgan fingerprint density at radius 1 is 1.15 bits per heavy atom. The Morgan fingerprint density at radius 2 is 1.92 bits per heavy atom. The molecule has 3 rings (SSSR count). The quantitative estimate of drug-likeness (QED) is 0.613. The number of ether oxygens (including phenoxy) is 2. The summed E-state index contributed by atoms with van der Waals surface area (Å²) in [7, 11) is -3.39. The molecule has 0 spiro atoms. The van der Waals surface area contributed by atoms with Crippen molar-refractivity contribution in [2.45, 2.75) is 11.3 Å². The lowest BCUT2D eigenvalue weighted by atomic mass is 10.1. The Hall–Kier alpha value is -2.87. The minimum Gasteiger partial charge on any atom is -0.482 e. The maximum atomic E-state index is 12.1. The number of sulfone groups is 1. The molecule has 1 N–H and O–H groups in total. The SMILES string of the molecule is O=C1COc2cc(C(=O)OCCCS(=O)(=O)c3ccccc3)ccc2N1. The summed E-state index contributed by atoms with van der Waals surface area (Å²) in [5.74, 6) is -0.549. The van der Waals surface area contributed by atoms with Gasteiger partial charge in [0, 0.05) is 0 Å². The average molecular weight is 375 g/mol. The maximum Gasteiger partial charge on any atom is 0.338 e. The topological polar surface area (TPSA) is 98.8 Å². The molecule has 2 aromatic carbocycles. The van der Waals surface area contributed by atoms with Crippen LogP contribution in [-0.2, 0) is 19.4 Å². The van der Waals surface area contributed by atoms with E-state index in [0.29, 0.717) is 11.4 Å². The van der Waals surface area contributed by atoms with E-state index in [1.54, 1.807) is 24.3 Å². The highest BCUT2D eigenvalue weighted by Gasteiger charge is 2.19. The first kappa shape index (κ1) is 17.9. The largest absolute Gasteiger partial charge is 0.482 e. The molecule has 7 nitrogen and oxygen atoms in total. The number of benzene rings is 2. The van der Waals surface area contributed by atoms with Crippen LogP contribution in [0.5, 0.6) is 5.75 Å². The number of anilines is 1. The van der Waals surface area contributed by atoms with Crippen LogP contribution in [0.15, 0.2) is 53.4 Å². The molecule has 0 bridgehead atoms. The van der Waals surface area contributed by atoms with Gasteiger partial charge in [-0.05, 0) is 36.8 Å². The van der Waals surface area contributed by atoms with Gasteiger partial charge in [0.25, 0.3) is 5.91 Å². The zero-order valence-electron chi connectivity index (χ0n) is 13.8. The fourth-order valence-electron chi connectivity index (χ4n) is 2.44. The van der Waals surface area contributed by atoms with Crippen LogP contribution in [0, 0.1) is 0 Å². The molecule has 136 valence electrons. The van der Waals surface area contributed by atoms with Gasteiger partial charge in [-0.3, -0.25) is 4.79 Å². The lowest BCUT2D eigenvalue weighted by molar-refractivity contribution is -0.118. The van der Waals surface area contributed by atoms with Crippen LogP contribution in [0.3, 0.4) is 0 Å². The molecule has 0 radical (unpaired) electrons. The summed E-state index contributed by atoms with van der Waals surface area (Å²) in [6.07, 6.45) is 0.195. The van der Waals surface area contributed by atoms with Gasteiger partial charge in [0.05, 0.1) is 28.5 Å². The van der Waals surface area contributed by atoms with Crippen LogP contribution in [0.1, 0.15) is 16.8 Å². The average Bonchev–Trinajstić information content (AvgIpc) is 2.65. The third kappa shape index (κ3) is 4.20. The Labute approximate surface area is 150 Å². The molecule has 0 saturated heterocycles. The molecule has 0 aromatic heterocycles. The summed E-state index contributed by atoms with van der Waals surface area (Å²) >= 11 is 0. The Kier molecular flexibility index (Phi) is 5.22. The molecule has 0 aliphatic carbocycles. The van der Waals surface area contributed by atoms with Gasteiger partial charge in [-0.1, -0.05) is 18.2 Å². The van der Waals surface area contributed by atoms with Gasteiger partial charge in [-0.25, -0.2) is 13.2 Å². The van der Waals surface area contributed by atoms with Crippen molar-refractivity contribution in [3.05, 3.63) is 54.1 Å². The normalized spacial score (nSPS) is 13.3. The Balaban J connectivity index is 1.53. The molecule has 1 heterocycles. The number of esters is 1. The second-order valence-electron chi connectivity index (χ2n) is 5.67. The van der Waals surface area contributed by atoms with Gasteiger partial charge >= 0.3 is 5.97 Å². The number of hydrogen-bond acceptors (Lipinski definition) is 6. The van der Waals surface area contributed by atoms with Gasteiger partial charge in [0.1, 0.15) is 5.75 Å². The monoisotopic (exact) mass is 375 g/mol. The molecular weight excluding hydrogens is 358 g/mol. The minimum absolute atomic E-state index is 0.0143. The number of nitrogens with one attached hydrogen (secondary N) is 1. The summed E-state index contributed by atoms with van der Waals surface area (Å²) in [5.41, 5.74) is 0.762. The molecule has 2 aromatic rings. The first-order valence-electron chi connectivity index (χ1n) is 7.97. The lowest BCUT2D eigenvalue weighted by Gasteiger charge is -2.18. The lowest BCUT2D eigenvalue weighted by Crippen LogP contribution is -2.25. The highest BCUT2D eigenvalue weighted by Crippen LogP contribution is 2.28. The minimum atomic E-state index is -3.39. The van der Waals surface area contributed by atoms with Crippen LogP contribution in [0.25, 0.3) is 0 Å². The van der Waals surface area contributed by atoms with Crippen molar-refractivity contribution in [3.63, 3.8) is 0 Å². The van der Waals surface area contributed by atoms with Crippen molar-refractivity contribution in [1.29, 1.82) is 0 Å². The van der Waals surface area contributed by atoms with Gasteiger partial charge < -0.3 is 14.8 Å². The summed E-state index contributed by atoms with van der Waals surface area (Å²) in [6.45, 7) is -0.123. The van der Waals surface area contributed by atoms with E-state index in [4.69, 9.17) is 9.47 Å². The standard InChI is InChI=1S/C18H17NO6S/c20-17-12-25-16-11-13(7-8-15(16)19-17)18(21)24-9-4-10-26(22,23)14-5-2-1-3-6-14/h1-3,5-8,11H,4,9-10,12H2,(H,19,20). The summed E-state index contributed by atoms with van der Waals surface area (Å²) in [5, 5.41) is 2.63. The Morgan fingerprint density at radius 3 is 2.69 bits per heavy atom. The summed E-state index contributed by atoms with van der Waals surface area (Å²) in [4.78, 5) is 23.6. The van der Waals surface area contributed by atoms with Crippen molar-refractivity contribution in [1.82, 2.24) is 0 Å². The van der Waals surface area contributed by atoms with Crippen LogP contribution in [0.2, 0.25) is 0 Å². The van der Waals surface area contributed by atoms with Crippen molar-refractivity contribution < 1.29 is 27.5 Å². The molecule has 0 unspecified atom stereocenters. The van der Waals surface area contributed by atoms with Crippen molar-refractivity contribution in [2.75, 3.05) is 24.3 Å². The molecular formula is C18H17NO6S. The van der Waals surface area contributed by atoms with E-state index in [1.165, 1.54) is 24.3 Å². The van der Waals surface area contributed by atoms with E-state index >= 15 is 0 Å². The molecule has 0 fully saturated rings. The molecule has 1 aliphatic rings. The second-order valence-corrected chi connectivity index (χ2v) is 7.78. The number of carbonyl (C=O) groups is 2. The predicted octanol–water partition coefficient (Wildman–Crippen LogP) is 2.04. The van der Waals surface area contributed by atoms with Crippen molar-refractivity contribution >= 4 is 27.4 Å². The van der Waals surface area contributed by atoms with Gasteiger partial charge in [0.15, 0.2) is 16.4 Å². The highest BCUT2D eigenvalue weighted by atomic mass is 32.2. The predicted molar refractivity (Wildman–Crippen MR) is 94.0 cm³/mol. The van der Waals surface area contributed by atoms with Crippen molar-refractivity contribution in [3.8, 4) is 5.75 Å². The first-order chi connectivity index (χ1) is 12.5. The molecule has 0 saturated carbocycles. The van der Waals surface area contributed by atoms with Gasteiger partial charge in [-0.15, -0.1) is 0 Å². The van der Waals surface area contributed by atoms with Crippen LogP contribution >= 0.6 is 0 Å². The van der Waals surface area contributed by atoms with E-state index in [0.717, 1.165) is 0 Å². The fraction of sp³-hybridized carbons (Fsp3) is 0.222. The van der Waals surface area contributed by atoms with E-state index < -0.39 is 15.8 Å². The van der Waals surface area contributed by atoms with E-state index in [-0.39, 0.29) is 41.8 Å². The van der Waals surface area contributed by atoms with E-state index in [9.17, 15) is 18.0 Å². The van der Waals surface area contributed by atoms with Gasteiger partial charge in [-0.2, -0.15) is 0 Å². The van der Waals surface area contributed by atoms with Crippen molar-refractivity contribution in [2.24, 2.45) is 0 Å². The zero-order valence-corrected chi connectivity index (χ0v) is 14.6. The number of rotatable bonds is 6. The number of amides is 1. The smallest absolute Gasteiger partial charge is 0.338 e. The summed E-state index contributed by atoms with van der Waals surface area (Å²) < 4.78 is 34.7. The summed E-state index contributed by atoms with van der Waals surface area (Å²) in [6, 6.07) is 12.7. The second kappa shape index (κ2) is 7.57.